The smallest absolute Gasteiger partial charge is 0.320 e. The van der Waals surface area contributed by atoms with Crippen LogP contribution in [0.4, 0.5) is 0 Å². The number of carboxylic acids is 1. The van der Waals surface area contributed by atoms with Gasteiger partial charge in [-0.15, -0.1) is 0 Å². The largest absolute Gasteiger partial charge is 0.480 e. The Morgan fingerprint density at radius 1 is 1.35 bits per heavy atom. The van der Waals surface area contributed by atoms with Crippen molar-refractivity contribution >= 4 is 5.97 Å². The fourth-order valence-corrected chi connectivity index (χ4v) is 2.89. The van der Waals surface area contributed by atoms with Crippen LogP contribution in [0.15, 0.2) is 0 Å². The lowest BCUT2D eigenvalue weighted by atomic mass is 10.0. The van der Waals surface area contributed by atoms with E-state index in [1.54, 1.807) is 0 Å². The Hall–Kier alpha value is -0.570. The van der Waals surface area contributed by atoms with Crippen LogP contribution < -0.4 is 0 Å². The lowest BCUT2D eigenvalue weighted by Crippen LogP contribution is -2.48. The van der Waals surface area contributed by atoms with Gasteiger partial charge in [-0.05, 0) is 25.2 Å². The molecule has 0 aliphatic heterocycles. The van der Waals surface area contributed by atoms with Crippen LogP contribution in [-0.2, 0) is 4.79 Å². The summed E-state index contributed by atoms with van der Waals surface area (Å²) >= 11 is 0. The predicted molar refractivity (Wildman–Crippen MR) is 70.1 cm³/mol. The molecule has 1 aliphatic carbocycles. The Morgan fingerprint density at radius 2 is 1.94 bits per heavy atom. The van der Waals surface area contributed by atoms with Crippen LogP contribution in [0.25, 0.3) is 0 Å². The van der Waals surface area contributed by atoms with E-state index in [0.29, 0.717) is 12.0 Å². The molecule has 17 heavy (non-hydrogen) atoms. The quantitative estimate of drug-likeness (QED) is 0.744. The molecule has 3 heteroatoms. The average Bonchev–Trinajstić information content (AvgIpc) is 2.75. The number of carbonyl (C=O) groups is 1. The molecule has 0 saturated heterocycles. The fourth-order valence-electron chi connectivity index (χ4n) is 2.89. The van der Waals surface area contributed by atoms with E-state index < -0.39 is 5.97 Å². The number of rotatable bonds is 7. The highest BCUT2D eigenvalue weighted by Crippen LogP contribution is 2.27. The Balaban J connectivity index is 2.73. The molecule has 1 fully saturated rings. The van der Waals surface area contributed by atoms with E-state index in [4.69, 9.17) is 0 Å². The van der Waals surface area contributed by atoms with Crippen LogP contribution in [0, 0.1) is 5.92 Å². The first-order valence-electron chi connectivity index (χ1n) is 7.04. The van der Waals surface area contributed by atoms with Crippen LogP contribution in [0.2, 0.25) is 0 Å². The minimum atomic E-state index is -0.639. The highest BCUT2D eigenvalue weighted by molar-refractivity contribution is 5.73. The van der Waals surface area contributed by atoms with E-state index in [1.807, 2.05) is 0 Å². The summed E-state index contributed by atoms with van der Waals surface area (Å²) in [5.41, 5.74) is 0. The van der Waals surface area contributed by atoms with Gasteiger partial charge in [0, 0.05) is 12.6 Å². The number of aliphatic carboxylic acids is 1. The maximum absolute atomic E-state index is 11.4. The molecule has 1 atom stereocenters. The zero-order chi connectivity index (χ0) is 12.8. The fraction of sp³-hybridized carbons (Fsp3) is 0.929. The van der Waals surface area contributed by atoms with Gasteiger partial charge in [-0.2, -0.15) is 0 Å². The molecule has 1 N–H and O–H groups in total. The van der Waals surface area contributed by atoms with E-state index in [-0.39, 0.29) is 6.04 Å². The standard InChI is InChI=1S/C14H27NO2/c1-4-7-13(14(16)17)15(10-11(2)3)12-8-5-6-9-12/h11-13H,4-10H2,1-3H3,(H,16,17). The number of carboxylic acid groups (broad SMARTS) is 1. The molecule has 1 unspecified atom stereocenters. The van der Waals surface area contributed by atoms with Crippen molar-refractivity contribution in [3.8, 4) is 0 Å². The monoisotopic (exact) mass is 241 g/mol. The van der Waals surface area contributed by atoms with Crippen molar-refractivity contribution in [3.63, 3.8) is 0 Å². The molecule has 0 radical (unpaired) electrons. The van der Waals surface area contributed by atoms with E-state index in [2.05, 4.69) is 25.7 Å². The van der Waals surface area contributed by atoms with Crippen molar-refractivity contribution in [2.45, 2.75) is 71.4 Å². The minimum Gasteiger partial charge on any atom is -0.480 e. The van der Waals surface area contributed by atoms with Gasteiger partial charge in [0.15, 0.2) is 0 Å². The first-order chi connectivity index (χ1) is 8.06. The van der Waals surface area contributed by atoms with Gasteiger partial charge >= 0.3 is 5.97 Å². The Morgan fingerprint density at radius 3 is 2.35 bits per heavy atom. The van der Waals surface area contributed by atoms with Gasteiger partial charge in [0.05, 0.1) is 0 Å². The van der Waals surface area contributed by atoms with Gasteiger partial charge in [0.2, 0.25) is 0 Å². The molecule has 0 aromatic carbocycles. The maximum Gasteiger partial charge on any atom is 0.320 e. The third-order valence-corrected chi connectivity index (χ3v) is 3.62. The second-order valence-electron chi connectivity index (χ2n) is 5.67. The molecular weight excluding hydrogens is 214 g/mol. The SMILES string of the molecule is CCCC(C(=O)O)N(CC(C)C)C1CCCC1. The first kappa shape index (κ1) is 14.5. The average molecular weight is 241 g/mol. The van der Waals surface area contributed by atoms with Gasteiger partial charge in [0.25, 0.3) is 0 Å². The van der Waals surface area contributed by atoms with Crippen molar-refractivity contribution in [3.05, 3.63) is 0 Å². The lowest BCUT2D eigenvalue weighted by Gasteiger charge is -2.35. The van der Waals surface area contributed by atoms with Gasteiger partial charge in [-0.1, -0.05) is 40.0 Å². The summed E-state index contributed by atoms with van der Waals surface area (Å²) in [6.07, 6.45) is 6.60. The molecule has 0 amide bonds. The Kier molecular flexibility index (Phi) is 5.96. The minimum absolute atomic E-state index is 0.273. The van der Waals surface area contributed by atoms with Crippen LogP contribution >= 0.6 is 0 Å². The lowest BCUT2D eigenvalue weighted by molar-refractivity contribution is -0.145. The molecule has 3 nitrogen and oxygen atoms in total. The van der Waals surface area contributed by atoms with Gasteiger partial charge in [-0.25, -0.2) is 0 Å². The van der Waals surface area contributed by atoms with Crippen LogP contribution in [0.5, 0.6) is 0 Å². The van der Waals surface area contributed by atoms with Gasteiger partial charge < -0.3 is 5.11 Å². The summed E-state index contributed by atoms with van der Waals surface area (Å²) in [5.74, 6) is -0.103. The van der Waals surface area contributed by atoms with E-state index in [1.165, 1.54) is 25.7 Å². The highest BCUT2D eigenvalue weighted by Gasteiger charge is 2.32. The van der Waals surface area contributed by atoms with Crippen molar-refractivity contribution < 1.29 is 9.90 Å². The number of hydrogen-bond acceptors (Lipinski definition) is 2. The Bertz CT molecular complexity index is 234. The molecular formula is C14H27NO2. The van der Waals surface area contributed by atoms with Gasteiger partial charge in [-0.3, -0.25) is 9.69 Å². The van der Waals surface area contributed by atoms with Crippen molar-refractivity contribution in [2.75, 3.05) is 6.54 Å². The summed E-state index contributed by atoms with van der Waals surface area (Å²) in [6.45, 7) is 7.33. The molecule has 1 aliphatic rings. The molecule has 0 aromatic heterocycles. The summed E-state index contributed by atoms with van der Waals surface area (Å²) < 4.78 is 0. The second-order valence-corrected chi connectivity index (χ2v) is 5.67. The zero-order valence-electron chi connectivity index (χ0n) is 11.5. The van der Waals surface area contributed by atoms with Gasteiger partial charge in [0.1, 0.15) is 6.04 Å². The first-order valence-corrected chi connectivity index (χ1v) is 7.04. The normalized spacial score (nSPS) is 19.1. The molecule has 100 valence electrons. The van der Waals surface area contributed by atoms with Crippen LogP contribution in [0.3, 0.4) is 0 Å². The molecule has 1 rings (SSSR count). The van der Waals surface area contributed by atoms with E-state index >= 15 is 0 Å². The number of hydrogen-bond donors (Lipinski definition) is 1. The molecule has 0 spiro atoms. The summed E-state index contributed by atoms with van der Waals surface area (Å²) in [4.78, 5) is 13.7. The predicted octanol–water partition coefficient (Wildman–Crippen LogP) is 3.14. The maximum atomic E-state index is 11.4. The van der Waals surface area contributed by atoms with Crippen LogP contribution in [-0.4, -0.2) is 34.6 Å². The third kappa shape index (κ3) is 4.30. The highest BCUT2D eigenvalue weighted by atomic mass is 16.4. The summed E-state index contributed by atoms with van der Waals surface area (Å²) in [5, 5.41) is 9.41. The topological polar surface area (TPSA) is 40.5 Å². The van der Waals surface area contributed by atoms with Crippen molar-refractivity contribution in [2.24, 2.45) is 5.92 Å². The molecule has 0 heterocycles. The molecule has 0 bridgehead atoms. The molecule has 0 aromatic rings. The summed E-state index contributed by atoms with van der Waals surface area (Å²) in [6, 6.07) is 0.232. The summed E-state index contributed by atoms with van der Waals surface area (Å²) in [7, 11) is 0. The molecule has 1 saturated carbocycles. The van der Waals surface area contributed by atoms with Crippen molar-refractivity contribution in [1.29, 1.82) is 0 Å². The zero-order valence-corrected chi connectivity index (χ0v) is 11.5. The van der Waals surface area contributed by atoms with E-state index in [0.717, 1.165) is 19.4 Å². The van der Waals surface area contributed by atoms with Crippen LogP contribution in [0.1, 0.15) is 59.3 Å². The third-order valence-electron chi connectivity index (χ3n) is 3.62. The van der Waals surface area contributed by atoms with E-state index in [9.17, 15) is 9.90 Å². The Labute approximate surface area is 105 Å². The number of nitrogens with zero attached hydrogens (tertiary/aromatic N) is 1. The van der Waals surface area contributed by atoms with Crippen molar-refractivity contribution in [1.82, 2.24) is 4.90 Å². The second kappa shape index (κ2) is 7.00.